The SMILES string of the molecule is COc1ccc2nc3c(nc2c1)O[C@H]1CN(C(=O)[C@H](C(C)(C)C)NC(=O)O[C@@H]2CC4CC4[C@H]2CCCCC3(F)F)[C@H](C=O)[C@@H]1C. The number of nitrogens with zero attached hydrogens (tertiary/aromatic N) is 3. The number of hydrogen-bond acceptors (Lipinski definition) is 8. The molecule has 3 fully saturated rings. The number of halogens is 2. The Morgan fingerprint density at radius 3 is 2.56 bits per heavy atom. The van der Waals surface area contributed by atoms with Crippen LogP contribution in [0.2, 0.25) is 0 Å². The highest BCUT2D eigenvalue weighted by Crippen LogP contribution is 2.58. The van der Waals surface area contributed by atoms with Gasteiger partial charge in [-0.15, -0.1) is 0 Å². The van der Waals surface area contributed by atoms with Crippen LogP contribution in [-0.2, 0) is 20.2 Å². The maximum absolute atomic E-state index is 16.0. The molecule has 1 aromatic heterocycles. The van der Waals surface area contributed by atoms with Crippen LogP contribution in [0.5, 0.6) is 11.6 Å². The van der Waals surface area contributed by atoms with E-state index in [1.54, 1.807) is 25.1 Å². The van der Waals surface area contributed by atoms with Crippen molar-refractivity contribution in [2.45, 2.75) is 96.4 Å². The molecule has 1 N–H and O–H groups in total. The molecule has 1 saturated heterocycles. The van der Waals surface area contributed by atoms with Crippen LogP contribution in [0.15, 0.2) is 18.2 Å². The molecule has 8 atom stereocenters. The maximum atomic E-state index is 16.0. The fourth-order valence-corrected chi connectivity index (χ4v) is 7.47. The third-order valence-corrected chi connectivity index (χ3v) is 10.2. The lowest BCUT2D eigenvalue weighted by atomic mass is 9.85. The average molecular weight is 629 g/mol. The number of fused-ring (bicyclic) bond motifs is 7. The molecule has 4 aliphatic rings. The second-order valence-corrected chi connectivity index (χ2v) is 14.3. The van der Waals surface area contributed by atoms with Gasteiger partial charge in [-0.3, -0.25) is 4.79 Å². The van der Waals surface area contributed by atoms with E-state index in [0.29, 0.717) is 42.2 Å². The van der Waals surface area contributed by atoms with E-state index in [1.165, 1.54) is 12.0 Å². The molecule has 10 nitrogen and oxygen atoms in total. The number of aromatic nitrogens is 2. The van der Waals surface area contributed by atoms with Crippen LogP contribution >= 0.6 is 0 Å². The number of amides is 2. The molecule has 0 radical (unpaired) electrons. The zero-order valence-corrected chi connectivity index (χ0v) is 26.4. The van der Waals surface area contributed by atoms with Crippen LogP contribution in [0.4, 0.5) is 13.6 Å². The summed E-state index contributed by atoms with van der Waals surface area (Å²) in [4.78, 5) is 49.8. The first kappa shape index (κ1) is 31.4. The smallest absolute Gasteiger partial charge is 0.408 e. The number of alkyl carbamates (subject to hydrolysis) is 1. The molecule has 244 valence electrons. The van der Waals surface area contributed by atoms with E-state index in [2.05, 4.69) is 15.3 Å². The number of carbonyl (C=O) groups is 3. The van der Waals surface area contributed by atoms with Gasteiger partial charge in [0.2, 0.25) is 11.8 Å². The normalized spacial score (nSPS) is 33.4. The second-order valence-electron chi connectivity index (χ2n) is 14.3. The summed E-state index contributed by atoms with van der Waals surface area (Å²) in [6.07, 6.45) is 1.60. The number of aldehydes is 1. The second kappa shape index (κ2) is 11.7. The van der Waals surface area contributed by atoms with Gasteiger partial charge in [0.05, 0.1) is 30.7 Å². The standard InChI is InChI=1S/C33H42F2N4O6/c1-17-24(16-40)39-15-26(17)44-29-27(36-22-10-9-19(43-5)14-23(22)37-29)33(34,35)11-7-6-8-20-21-12-18(21)13-25(20)45-31(42)38-28(30(39)41)32(2,3)4/h9-10,14,16-18,20-21,24-26,28H,6-8,11-13,15H2,1-5H3,(H,38,42)/t17-,18?,20+,21?,24+,25+,26-,28+/m0/s1. The van der Waals surface area contributed by atoms with Gasteiger partial charge in [0.25, 0.3) is 5.92 Å². The van der Waals surface area contributed by atoms with Crippen LogP contribution in [-0.4, -0.2) is 71.1 Å². The third-order valence-electron chi connectivity index (χ3n) is 10.2. The van der Waals surface area contributed by atoms with Crippen molar-refractivity contribution >= 4 is 29.3 Å². The Hall–Kier alpha value is -3.57. The van der Waals surface area contributed by atoms with E-state index in [-0.39, 0.29) is 36.4 Å². The highest BCUT2D eigenvalue weighted by Gasteiger charge is 2.55. The number of carbonyl (C=O) groups excluding carboxylic acids is 3. The number of benzene rings is 1. The number of hydrogen-bond donors (Lipinski definition) is 1. The summed E-state index contributed by atoms with van der Waals surface area (Å²) in [6.45, 7) is 7.14. The quantitative estimate of drug-likeness (QED) is 0.448. The van der Waals surface area contributed by atoms with Gasteiger partial charge in [0, 0.05) is 18.4 Å². The van der Waals surface area contributed by atoms with Crippen LogP contribution in [0, 0.1) is 29.1 Å². The minimum atomic E-state index is -3.35. The Bertz CT molecular complexity index is 1480. The summed E-state index contributed by atoms with van der Waals surface area (Å²) in [6, 6.07) is 2.91. The van der Waals surface area contributed by atoms with Gasteiger partial charge in [-0.1, -0.05) is 34.1 Å². The van der Waals surface area contributed by atoms with E-state index >= 15 is 8.78 Å². The molecule has 45 heavy (non-hydrogen) atoms. The summed E-state index contributed by atoms with van der Waals surface area (Å²) in [7, 11) is 1.50. The molecular formula is C33H42F2N4O6. The van der Waals surface area contributed by atoms with Crippen molar-refractivity contribution in [3.63, 3.8) is 0 Å². The van der Waals surface area contributed by atoms with Gasteiger partial charge in [-0.25, -0.2) is 14.8 Å². The minimum absolute atomic E-state index is 0.0659. The van der Waals surface area contributed by atoms with Crippen molar-refractivity contribution < 1.29 is 37.4 Å². The summed E-state index contributed by atoms with van der Waals surface area (Å²) in [5.74, 6) is -3.24. The van der Waals surface area contributed by atoms with Crippen molar-refractivity contribution in [3.8, 4) is 11.6 Å². The Morgan fingerprint density at radius 1 is 1.07 bits per heavy atom. The number of methoxy groups -OCH3 is 1. The van der Waals surface area contributed by atoms with Crippen molar-refractivity contribution in [1.29, 1.82) is 0 Å². The molecule has 2 saturated carbocycles. The van der Waals surface area contributed by atoms with Gasteiger partial charge >= 0.3 is 6.09 Å². The Kier molecular flexibility index (Phi) is 8.14. The van der Waals surface area contributed by atoms with Gasteiger partial charge < -0.3 is 29.2 Å². The van der Waals surface area contributed by atoms with E-state index in [9.17, 15) is 14.4 Å². The molecule has 2 amide bonds. The predicted octanol–water partition coefficient (Wildman–Crippen LogP) is 5.26. The first-order valence-corrected chi connectivity index (χ1v) is 15.9. The van der Waals surface area contributed by atoms with Gasteiger partial charge in [-0.05, 0) is 61.0 Å². The molecule has 3 heterocycles. The molecule has 12 heteroatoms. The Labute approximate surface area is 261 Å². The average Bonchev–Trinajstić information content (AvgIpc) is 3.56. The highest BCUT2D eigenvalue weighted by molar-refractivity contribution is 5.89. The number of ether oxygens (including phenoxy) is 3. The van der Waals surface area contributed by atoms with Crippen molar-refractivity contribution in [1.82, 2.24) is 20.2 Å². The van der Waals surface area contributed by atoms with Gasteiger partial charge in [0.15, 0.2) is 5.69 Å². The lowest BCUT2D eigenvalue weighted by molar-refractivity contribution is -0.139. The maximum Gasteiger partial charge on any atom is 0.408 e. The lowest BCUT2D eigenvalue weighted by Crippen LogP contribution is -2.56. The fraction of sp³-hybridized carbons (Fsp3) is 0.667. The zero-order chi connectivity index (χ0) is 32.3. The molecule has 2 aliphatic carbocycles. The summed E-state index contributed by atoms with van der Waals surface area (Å²) in [5, 5.41) is 2.81. The lowest BCUT2D eigenvalue weighted by Gasteiger charge is -2.35. The van der Waals surface area contributed by atoms with Crippen molar-refractivity contribution in [3.05, 3.63) is 23.9 Å². The van der Waals surface area contributed by atoms with Crippen molar-refractivity contribution in [2.75, 3.05) is 13.7 Å². The molecule has 1 aromatic carbocycles. The first-order chi connectivity index (χ1) is 21.3. The molecule has 2 aliphatic heterocycles. The van der Waals surface area contributed by atoms with Crippen molar-refractivity contribution in [2.24, 2.45) is 29.1 Å². The number of rotatable bonds is 2. The zero-order valence-electron chi connectivity index (χ0n) is 26.4. The topological polar surface area (TPSA) is 120 Å². The van der Waals surface area contributed by atoms with E-state index in [4.69, 9.17) is 14.2 Å². The summed E-state index contributed by atoms with van der Waals surface area (Å²) in [5.41, 5.74) is -0.693. The number of nitrogens with one attached hydrogen (secondary N) is 1. The van der Waals surface area contributed by atoms with E-state index < -0.39 is 59.6 Å². The van der Waals surface area contributed by atoms with Crippen LogP contribution in [0.3, 0.4) is 0 Å². The minimum Gasteiger partial charge on any atom is -0.497 e. The first-order valence-electron chi connectivity index (χ1n) is 15.9. The monoisotopic (exact) mass is 628 g/mol. The van der Waals surface area contributed by atoms with E-state index in [1.807, 2.05) is 20.8 Å². The third kappa shape index (κ3) is 6.04. The summed E-state index contributed by atoms with van der Waals surface area (Å²) < 4.78 is 49.5. The number of alkyl halides is 2. The molecule has 6 rings (SSSR count). The Balaban J connectivity index is 1.39. The Morgan fingerprint density at radius 2 is 1.84 bits per heavy atom. The van der Waals surface area contributed by atoms with Crippen LogP contribution < -0.4 is 14.8 Å². The van der Waals surface area contributed by atoms with Gasteiger partial charge in [-0.2, -0.15) is 8.78 Å². The highest BCUT2D eigenvalue weighted by atomic mass is 19.3. The summed E-state index contributed by atoms with van der Waals surface area (Å²) >= 11 is 0. The molecule has 2 bridgehead atoms. The molecule has 2 unspecified atom stereocenters. The van der Waals surface area contributed by atoms with Crippen LogP contribution in [0.25, 0.3) is 11.0 Å². The molecular weight excluding hydrogens is 586 g/mol. The molecule has 2 aromatic rings. The molecule has 0 spiro atoms. The fourth-order valence-electron chi connectivity index (χ4n) is 7.47. The largest absolute Gasteiger partial charge is 0.497 e. The van der Waals surface area contributed by atoms with E-state index in [0.717, 1.165) is 12.8 Å². The predicted molar refractivity (Wildman–Crippen MR) is 160 cm³/mol. The van der Waals surface area contributed by atoms with Gasteiger partial charge in [0.1, 0.15) is 30.3 Å². The van der Waals surface area contributed by atoms with Crippen LogP contribution in [0.1, 0.15) is 71.9 Å².